The monoisotopic (exact) mass is 627 g/mol. The predicted octanol–water partition coefficient (Wildman–Crippen LogP) is 2.65. The second-order valence-electron chi connectivity index (χ2n) is 10.5. The molecule has 0 saturated carbocycles. The van der Waals surface area contributed by atoms with Gasteiger partial charge in [0.2, 0.25) is 11.8 Å². The van der Waals surface area contributed by atoms with Gasteiger partial charge in [-0.3, -0.25) is 19.1 Å². The molecule has 0 aliphatic carbocycles. The fourth-order valence-electron chi connectivity index (χ4n) is 5.35. The van der Waals surface area contributed by atoms with Crippen LogP contribution in [0.1, 0.15) is 22.8 Å². The molecule has 2 saturated heterocycles. The Bertz CT molecular complexity index is 1720. The highest BCUT2D eigenvalue weighted by Gasteiger charge is 2.36. The average molecular weight is 628 g/mol. The number of likely N-dealkylation sites (tertiary alicyclic amines) is 1. The number of nitrogens with one attached hydrogen (secondary N) is 1. The fraction of sp³-hybridized carbons (Fsp3) is 0.357. The minimum atomic E-state index is -3.14. The molecule has 0 spiro atoms. The van der Waals surface area contributed by atoms with Crippen molar-refractivity contribution in [2.75, 3.05) is 51.6 Å². The second-order valence-corrected chi connectivity index (χ2v) is 11.0. The molecule has 0 radical (unpaired) electrons. The van der Waals surface area contributed by atoms with Crippen molar-refractivity contribution in [3.63, 3.8) is 0 Å². The molecule has 3 aromatic heterocycles. The van der Waals surface area contributed by atoms with Gasteiger partial charge in [-0.15, -0.1) is 0 Å². The molecule has 6 rings (SSSR count). The Hall–Kier alpha value is -4.63. The maximum Gasteiger partial charge on any atom is 0.387 e. The van der Waals surface area contributed by atoms with Crippen molar-refractivity contribution in [1.29, 1.82) is 0 Å². The first-order valence-corrected chi connectivity index (χ1v) is 14.2. The van der Waals surface area contributed by atoms with Crippen LogP contribution in [0.2, 0.25) is 5.02 Å². The Morgan fingerprint density at radius 2 is 1.98 bits per heavy atom. The number of nitrogens with zero attached hydrogens (tertiary/aromatic N) is 8. The highest BCUT2D eigenvalue weighted by atomic mass is 35.5. The lowest BCUT2D eigenvalue weighted by Gasteiger charge is -2.33. The van der Waals surface area contributed by atoms with Crippen LogP contribution in [0.15, 0.2) is 49.1 Å². The van der Waals surface area contributed by atoms with Crippen molar-refractivity contribution in [1.82, 2.24) is 39.1 Å². The molecule has 230 valence electrons. The molecule has 5 heterocycles. The van der Waals surface area contributed by atoms with Gasteiger partial charge in [-0.1, -0.05) is 11.6 Å². The number of carbonyl (C=O) groups excluding carboxylic acids is 3. The number of fused-ring (bicyclic) bond motifs is 1. The van der Waals surface area contributed by atoms with Crippen LogP contribution in [0.5, 0.6) is 5.75 Å². The number of hydrogen-bond acceptors (Lipinski definition) is 8. The number of rotatable bonds is 8. The van der Waals surface area contributed by atoms with Gasteiger partial charge < -0.3 is 24.8 Å². The molecule has 44 heavy (non-hydrogen) atoms. The third kappa shape index (κ3) is 5.92. The van der Waals surface area contributed by atoms with Crippen molar-refractivity contribution < 1.29 is 27.9 Å². The number of ether oxygens (including phenoxy) is 1. The van der Waals surface area contributed by atoms with Gasteiger partial charge in [0, 0.05) is 55.7 Å². The van der Waals surface area contributed by atoms with Crippen LogP contribution in [-0.2, 0) is 9.59 Å². The van der Waals surface area contributed by atoms with Crippen molar-refractivity contribution in [3.8, 4) is 17.0 Å². The quantitative estimate of drug-likeness (QED) is 0.316. The maximum atomic E-state index is 13.5. The maximum absolute atomic E-state index is 13.5. The number of halogens is 3. The van der Waals surface area contributed by atoms with Crippen LogP contribution < -0.4 is 10.1 Å². The van der Waals surface area contributed by atoms with E-state index in [4.69, 9.17) is 16.3 Å². The van der Waals surface area contributed by atoms with E-state index in [0.717, 1.165) is 13.1 Å². The molecule has 2 aliphatic heterocycles. The molecule has 3 amide bonds. The predicted molar refractivity (Wildman–Crippen MR) is 155 cm³/mol. The highest BCUT2D eigenvalue weighted by Crippen LogP contribution is 2.38. The number of likely N-dealkylation sites (N-methyl/N-ethyl adjacent to an activating group) is 1. The molecule has 4 aromatic rings. The zero-order chi connectivity index (χ0) is 31.0. The summed E-state index contributed by atoms with van der Waals surface area (Å²) in [5.74, 6) is -1.26. The number of alkyl halides is 2. The van der Waals surface area contributed by atoms with E-state index in [1.165, 1.54) is 50.9 Å². The summed E-state index contributed by atoms with van der Waals surface area (Å²) in [4.78, 5) is 49.4. The van der Waals surface area contributed by atoms with Crippen molar-refractivity contribution in [2.24, 2.45) is 0 Å². The number of anilines is 1. The zero-order valence-corrected chi connectivity index (χ0v) is 24.3. The summed E-state index contributed by atoms with van der Waals surface area (Å²) in [5, 5.41) is 11.7. The van der Waals surface area contributed by atoms with Gasteiger partial charge in [0.1, 0.15) is 23.0 Å². The van der Waals surface area contributed by atoms with Gasteiger partial charge >= 0.3 is 6.61 Å². The zero-order valence-electron chi connectivity index (χ0n) is 23.6. The molecule has 13 nitrogen and oxygen atoms in total. The molecule has 2 aliphatic rings. The van der Waals surface area contributed by atoms with Crippen LogP contribution in [0.3, 0.4) is 0 Å². The Balaban J connectivity index is 1.31. The first-order valence-electron chi connectivity index (χ1n) is 13.9. The number of carbonyl (C=O) groups is 3. The summed E-state index contributed by atoms with van der Waals surface area (Å²) in [6, 6.07) is 4.91. The number of hydrogen-bond donors (Lipinski definition) is 1. The van der Waals surface area contributed by atoms with E-state index in [0.29, 0.717) is 31.7 Å². The Labute approximate surface area is 254 Å². The van der Waals surface area contributed by atoms with Crippen LogP contribution in [0.25, 0.3) is 16.9 Å². The Morgan fingerprint density at radius 1 is 1.18 bits per heavy atom. The molecule has 16 heteroatoms. The van der Waals surface area contributed by atoms with Crippen LogP contribution in [0, 0.1) is 0 Å². The molecule has 1 atom stereocenters. The van der Waals surface area contributed by atoms with Gasteiger partial charge in [0.15, 0.2) is 5.65 Å². The first kappa shape index (κ1) is 29.4. The second kappa shape index (κ2) is 12.2. The molecular weight excluding hydrogens is 600 g/mol. The van der Waals surface area contributed by atoms with E-state index in [1.54, 1.807) is 17.2 Å². The lowest BCUT2D eigenvalue weighted by Crippen LogP contribution is -2.50. The van der Waals surface area contributed by atoms with E-state index in [9.17, 15) is 23.2 Å². The Morgan fingerprint density at radius 3 is 2.75 bits per heavy atom. The summed E-state index contributed by atoms with van der Waals surface area (Å²) in [5.41, 5.74) is 0.713. The molecule has 1 N–H and O–H groups in total. The molecule has 0 unspecified atom stereocenters. The number of amides is 3. The topological polar surface area (TPSA) is 130 Å². The lowest BCUT2D eigenvalue weighted by atomic mass is 10.1. The van der Waals surface area contributed by atoms with E-state index in [-0.39, 0.29) is 51.6 Å². The first-order chi connectivity index (χ1) is 21.2. The number of benzene rings is 1. The SMILES string of the molecule is CN1CCN(C(=O)CN2CC[C@@H](n3cc(NC(=O)c4cnn5cccnc45)c(-c4cc(Cl)ccc4OC(F)F)n3)C2=O)CC1. The molecule has 2 fully saturated rings. The Kier molecular flexibility index (Phi) is 8.14. The van der Waals surface area contributed by atoms with E-state index in [1.807, 2.05) is 7.05 Å². The summed E-state index contributed by atoms with van der Waals surface area (Å²) in [6.07, 6.45) is 6.30. The minimum Gasteiger partial charge on any atom is -0.434 e. The van der Waals surface area contributed by atoms with Crippen molar-refractivity contribution in [2.45, 2.75) is 19.1 Å². The standard InChI is InChI=1S/C28H28ClF2N9O4/c1-36-9-11-37(12-10-36)23(41)16-38-8-5-21(27(38)43)40-15-20(34-26(42)19-14-33-39-7-2-6-32-25(19)39)24(35-40)18-13-17(29)3-4-22(18)44-28(30)31/h2-4,6-7,13-15,21,28H,5,8-12,16H2,1H3,(H,34,42)/t21-/m1/s1. The third-order valence-corrected chi connectivity index (χ3v) is 7.92. The fourth-order valence-corrected chi connectivity index (χ4v) is 5.52. The summed E-state index contributed by atoms with van der Waals surface area (Å²) >= 11 is 6.22. The van der Waals surface area contributed by atoms with Gasteiger partial charge in [-0.25, -0.2) is 9.50 Å². The largest absolute Gasteiger partial charge is 0.434 e. The minimum absolute atomic E-state index is 0.0562. The molecule has 1 aromatic carbocycles. The normalized spacial score (nSPS) is 17.6. The van der Waals surface area contributed by atoms with Crippen LogP contribution in [-0.4, -0.2) is 110 Å². The summed E-state index contributed by atoms with van der Waals surface area (Å²) < 4.78 is 34.2. The number of aromatic nitrogens is 5. The van der Waals surface area contributed by atoms with E-state index >= 15 is 0 Å². The average Bonchev–Trinajstić information content (AvgIpc) is 3.71. The number of piperazine rings is 1. The van der Waals surface area contributed by atoms with E-state index in [2.05, 4.69) is 25.4 Å². The van der Waals surface area contributed by atoms with Crippen molar-refractivity contribution in [3.05, 3.63) is 59.6 Å². The molecular formula is C28H28ClF2N9O4. The van der Waals surface area contributed by atoms with Crippen molar-refractivity contribution >= 4 is 40.7 Å². The summed E-state index contributed by atoms with van der Waals surface area (Å²) in [6.45, 7) is -0.154. The summed E-state index contributed by atoms with van der Waals surface area (Å²) in [7, 11) is 1.99. The third-order valence-electron chi connectivity index (χ3n) is 7.69. The van der Waals surface area contributed by atoms with Gasteiger partial charge in [-0.05, 0) is 37.7 Å². The van der Waals surface area contributed by atoms with Crippen LogP contribution in [0.4, 0.5) is 14.5 Å². The van der Waals surface area contributed by atoms with Gasteiger partial charge in [-0.2, -0.15) is 19.0 Å². The lowest BCUT2D eigenvalue weighted by molar-refractivity contribution is -0.140. The van der Waals surface area contributed by atoms with Gasteiger partial charge in [0.05, 0.1) is 24.6 Å². The highest BCUT2D eigenvalue weighted by molar-refractivity contribution is 6.31. The smallest absolute Gasteiger partial charge is 0.387 e. The van der Waals surface area contributed by atoms with E-state index < -0.39 is 18.6 Å². The van der Waals surface area contributed by atoms with Crippen LogP contribution >= 0.6 is 11.6 Å². The molecule has 0 bridgehead atoms. The van der Waals surface area contributed by atoms with Gasteiger partial charge in [0.25, 0.3) is 5.91 Å².